The molecule has 3 heteroatoms. The lowest BCUT2D eigenvalue weighted by Crippen LogP contribution is -2.30. The van der Waals surface area contributed by atoms with Crippen LogP contribution in [0.2, 0.25) is 5.02 Å². The second kappa shape index (κ2) is 3.62. The number of carbonyl (C=O) groups excluding carboxylic acids is 1. The van der Waals surface area contributed by atoms with Crippen molar-refractivity contribution in [1.29, 1.82) is 0 Å². The molecule has 0 spiro atoms. The third-order valence-corrected chi connectivity index (χ3v) is 2.61. The van der Waals surface area contributed by atoms with Crippen LogP contribution in [0.1, 0.15) is 19.8 Å². The van der Waals surface area contributed by atoms with Gasteiger partial charge in [0.2, 0.25) is 5.91 Å². The standard InChI is InChI=1S/C11H12ClNO/c1-8(14)13(11-6-7-11)10-4-2-9(12)3-5-10/h2-5,11H,6-7H2,1H3. The lowest BCUT2D eigenvalue weighted by molar-refractivity contribution is -0.116. The molecule has 2 rings (SSSR count). The smallest absolute Gasteiger partial charge is 0.224 e. The van der Waals surface area contributed by atoms with Crippen LogP contribution in [0, 0.1) is 0 Å². The van der Waals surface area contributed by atoms with Crippen molar-refractivity contribution >= 4 is 23.2 Å². The molecule has 1 aliphatic carbocycles. The summed E-state index contributed by atoms with van der Waals surface area (Å²) < 4.78 is 0. The minimum absolute atomic E-state index is 0.106. The average Bonchev–Trinajstić information content (AvgIpc) is 2.92. The van der Waals surface area contributed by atoms with Gasteiger partial charge in [0.05, 0.1) is 0 Å². The summed E-state index contributed by atoms with van der Waals surface area (Å²) in [5, 5.41) is 0.702. The Hall–Kier alpha value is -1.02. The normalized spacial score (nSPS) is 15.3. The van der Waals surface area contributed by atoms with E-state index >= 15 is 0 Å². The molecule has 14 heavy (non-hydrogen) atoms. The number of hydrogen-bond acceptors (Lipinski definition) is 1. The second-order valence-corrected chi connectivity index (χ2v) is 4.03. The van der Waals surface area contributed by atoms with E-state index in [4.69, 9.17) is 11.6 Å². The van der Waals surface area contributed by atoms with Crippen molar-refractivity contribution in [2.45, 2.75) is 25.8 Å². The van der Waals surface area contributed by atoms with E-state index in [9.17, 15) is 4.79 Å². The van der Waals surface area contributed by atoms with E-state index in [0.29, 0.717) is 11.1 Å². The number of rotatable bonds is 2. The number of carbonyl (C=O) groups is 1. The number of benzene rings is 1. The van der Waals surface area contributed by atoms with Crippen molar-refractivity contribution in [3.8, 4) is 0 Å². The molecule has 0 saturated heterocycles. The van der Waals surface area contributed by atoms with Gasteiger partial charge in [0.25, 0.3) is 0 Å². The zero-order chi connectivity index (χ0) is 10.1. The van der Waals surface area contributed by atoms with E-state index in [-0.39, 0.29) is 5.91 Å². The Morgan fingerprint density at radius 1 is 1.36 bits per heavy atom. The summed E-state index contributed by atoms with van der Waals surface area (Å²) in [6.45, 7) is 1.60. The molecule has 0 heterocycles. The quantitative estimate of drug-likeness (QED) is 0.734. The minimum Gasteiger partial charge on any atom is -0.310 e. The van der Waals surface area contributed by atoms with E-state index in [1.807, 2.05) is 29.2 Å². The number of anilines is 1. The molecule has 1 aromatic carbocycles. The first-order chi connectivity index (χ1) is 6.68. The van der Waals surface area contributed by atoms with Gasteiger partial charge >= 0.3 is 0 Å². The Bertz CT molecular complexity index is 343. The molecule has 0 aromatic heterocycles. The van der Waals surface area contributed by atoms with Crippen LogP contribution in [0.5, 0.6) is 0 Å². The monoisotopic (exact) mass is 209 g/mol. The first-order valence-corrected chi connectivity index (χ1v) is 5.11. The van der Waals surface area contributed by atoms with Crippen molar-refractivity contribution < 1.29 is 4.79 Å². The van der Waals surface area contributed by atoms with Gasteiger partial charge in [-0.05, 0) is 37.1 Å². The van der Waals surface area contributed by atoms with Crippen LogP contribution >= 0.6 is 11.6 Å². The fraction of sp³-hybridized carbons (Fsp3) is 0.364. The zero-order valence-corrected chi connectivity index (χ0v) is 8.79. The topological polar surface area (TPSA) is 20.3 Å². The summed E-state index contributed by atoms with van der Waals surface area (Å²) in [6.07, 6.45) is 2.23. The van der Waals surface area contributed by atoms with Gasteiger partial charge in [0.1, 0.15) is 0 Å². The maximum absolute atomic E-state index is 11.4. The third-order valence-electron chi connectivity index (χ3n) is 2.36. The summed E-state index contributed by atoms with van der Waals surface area (Å²) in [6, 6.07) is 7.82. The Morgan fingerprint density at radius 2 is 1.93 bits per heavy atom. The predicted molar refractivity (Wildman–Crippen MR) is 57.6 cm³/mol. The van der Waals surface area contributed by atoms with E-state index in [2.05, 4.69) is 0 Å². The van der Waals surface area contributed by atoms with Gasteiger partial charge in [-0.2, -0.15) is 0 Å². The number of amides is 1. The van der Waals surface area contributed by atoms with Gasteiger partial charge < -0.3 is 4.90 Å². The summed E-state index contributed by atoms with van der Waals surface area (Å²) >= 11 is 5.79. The Labute approximate surface area is 88.5 Å². The van der Waals surface area contributed by atoms with E-state index in [1.165, 1.54) is 0 Å². The molecule has 0 unspecified atom stereocenters. The fourth-order valence-electron chi connectivity index (χ4n) is 1.58. The first-order valence-electron chi connectivity index (χ1n) is 4.74. The highest BCUT2D eigenvalue weighted by molar-refractivity contribution is 6.30. The third kappa shape index (κ3) is 1.90. The Kier molecular flexibility index (Phi) is 2.46. The molecule has 1 saturated carbocycles. The van der Waals surface area contributed by atoms with Crippen LogP contribution in [0.15, 0.2) is 24.3 Å². The van der Waals surface area contributed by atoms with Crippen LogP contribution < -0.4 is 4.90 Å². The van der Waals surface area contributed by atoms with Crippen molar-refractivity contribution in [3.05, 3.63) is 29.3 Å². The number of halogens is 1. The fourth-order valence-corrected chi connectivity index (χ4v) is 1.71. The minimum atomic E-state index is 0.106. The summed E-state index contributed by atoms with van der Waals surface area (Å²) in [4.78, 5) is 13.2. The molecule has 2 nitrogen and oxygen atoms in total. The van der Waals surface area contributed by atoms with E-state index < -0.39 is 0 Å². The summed E-state index contributed by atoms with van der Waals surface area (Å²) in [5.74, 6) is 0.106. The van der Waals surface area contributed by atoms with E-state index in [0.717, 1.165) is 18.5 Å². The average molecular weight is 210 g/mol. The maximum atomic E-state index is 11.4. The lowest BCUT2D eigenvalue weighted by atomic mass is 10.3. The highest BCUT2D eigenvalue weighted by Crippen LogP contribution is 2.32. The van der Waals surface area contributed by atoms with Gasteiger partial charge in [0.15, 0.2) is 0 Å². The molecule has 0 radical (unpaired) electrons. The van der Waals surface area contributed by atoms with Crippen molar-refractivity contribution in [2.24, 2.45) is 0 Å². The Morgan fingerprint density at radius 3 is 2.36 bits per heavy atom. The molecule has 74 valence electrons. The zero-order valence-electron chi connectivity index (χ0n) is 8.03. The van der Waals surface area contributed by atoms with Crippen LogP contribution in [-0.4, -0.2) is 11.9 Å². The van der Waals surface area contributed by atoms with Gasteiger partial charge in [-0.3, -0.25) is 4.79 Å². The molecule has 0 aliphatic heterocycles. The van der Waals surface area contributed by atoms with Crippen molar-refractivity contribution in [2.75, 3.05) is 4.90 Å². The number of nitrogens with zero attached hydrogens (tertiary/aromatic N) is 1. The largest absolute Gasteiger partial charge is 0.310 e. The van der Waals surface area contributed by atoms with Gasteiger partial charge in [0, 0.05) is 23.7 Å². The SMILES string of the molecule is CC(=O)N(c1ccc(Cl)cc1)C1CC1. The highest BCUT2D eigenvalue weighted by atomic mass is 35.5. The molecule has 1 aromatic rings. The van der Waals surface area contributed by atoms with Crippen LogP contribution in [0.25, 0.3) is 0 Å². The summed E-state index contributed by atoms with van der Waals surface area (Å²) in [5.41, 5.74) is 0.949. The van der Waals surface area contributed by atoms with Gasteiger partial charge in [-0.15, -0.1) is 0 Å². The predicted octanol–water partition coefficient (Wildman–Crippen LogP) is 2.86. The lowest BCUT2D eigenvalue weighted by Gasteiger charge is -2.20. The Balaban J connectivity index is 2.26. The van der Waals surface area contributed by atoms with Crippen molar-refractivity contribution in [1.82, 2.24) is 0 Å². The molecule has 0 bridgehead atoms. The molecule has 0 N–H and O–H groups in total. The highest BCUT2D eigenvalue weighted by Gasteiger charge is 2.31. The molecular formula is C11H12ClNO. The molecule has 0 atom stereocenters. The second-order valence-electron chi connectivity index (χ2n) is 3.60. The van der Waals surface area contributed by atoms with Crippen molar-refractivity contribution in [3.63, 3.8) is 0 Å². The molecule has 1 fully saturated rings. The van der Waals surface area contributed by atoms with Crippen LogP contribution in [0.4, 0.5) is 5.69 Å². The molecule has 1 aliphatic rings. The van der Waals surface area contributed by atoms with Crippen LogP contribution in [-0.2, 0) is 4.79 Å². The maximum Gasteiger partial charge on any atom is 0.224 e. The van der Waals surface area contributed by atoms with Gasteiger partial charge in [-0.1, -0.05) is 11.6 Å². The van der Waals surface area contributed by atoms with Crippen LogP contribution in [0.3, 0.4) is 0 Å². The van der Waals surface area contributed by atoms with E-state index in [1.54, 1.807) is 6.92 Å². The first kappa shape index (κ1) is 9.53. The number of hydrogen-bond donors (Lipinski definition) is 0. The summed E-state index contributed by atoms with van der Waals surface area (Å²) in [7, 11) is 0. The molecular weight excluding hydrogens is 198 g/mol. The van der Waals surface area contributed by atoms with Gasteiger partial charge in [-0.25, -0.2) is 0 Å². The molecule has 1 amide bonds.